The first kappa shape index (κ1) is 15.0. The van der Waals surface area contributed by atoms with E-state index in [1.165, 1.54) is 12.0 Å². The molecule has 108 valence electrons. The molecule has 2 aliphatic carbocycles. The molecule has 3 heteroatoms. The number of ketones is 1. The van der Waals surface area contributed by atoms with Gasteiger partial charge in [-0.3, -0.25) is 4.79 Å². The summed E-state index contributed by atoms with van der Waals surface area (Å²) in [7, 11) is -1.68. The molecule has 0 aromatic carbocycles. The molecule has 0 saturated heterocycles. The van der Waals surface area contributed by atoms with E-state index in [2.05, 4.69) is 40.8 Å². The summed E-state index contributed by atoms with van der Waals surface area (Å²) in [5.74, 6) is 0.878. The lowest BCUT2D eigenvalue weighted by Gasteiger charge is -2.46. The third-order valence-corrected chi connectivity index (χ3v) is 10.3. The first-order valence-electron chi connectivity index (χ1n) is 7.47. The average molecular weight is 280 g/mol. The van der Waals surface area contributed by atoms with Gasteiger partial charge in [-0.2, -0.15) is 0 Å². The summed E-state index contributed by atoms with van der Waals surface area (Å²) in [6.07, 6.45) is 5.04. The molecule has 2 rings (SSSR count). The van der Waals surface area contributed by atoms with Gasteiger partial charge in [0.1, 0.15) is 0 Å². The van der Waals surface area contributed by atoms with Crippen LogP contribution in [0.25, 0.3) is 0 Å². The molecule has 0 radical (unpaired) electrons. The largest absolute Gasteiger partial charge is 0.417 e. The molecule has 0 heterocycles. The normalized spacial score (nSPS) is 30.9. The Bertz CT molecular complexity index is 417. The standard InChI is InChI=1S/C16H28O2Si/c1-12-11-14(17)16(8-7-13(12)16)9-10-18-19(5,6)15(2,3)4/h11,13H,7-10H2,1-6H3/t13?,16-/m0/s1. The third-order valence-electron chi connectivity index (χ3n) is 5.76. The van der Waals surface area contributed by atoms with Gasteiger partial charge in [-0.15, -0.1) is 0 Å². The average Bonchev–Trinajstić information content (AvgIpc) is 2.34. The molecule has 2 nitrogen and oxygen atoms in total. The lowest BCUT2D eigenvalue weighted by Crippen LogP contribution is -2.46. The van der Waals surface area contributed by atoms with E-state index in [4.69, 9.17) is 4.43 Å². The zero-order chi connectivity index (χ0) is 14.5. The van der Waals surface area contributed by atoms with E-state index < -0.39 is 8.32 Å². The van der Waals surface area contributed by atoms with Crippen LogP contribution in [0.4, 0.5) is 0 Å². The number of carbonyl (C=O) groups is 1. The third kappa shape index (κ3) is 2.36. The number of hydrogen-bond donors (Lipinski definition) is 0. The fourth-order valence-electron chi connectivity index (χ4n) is 3.17. The Balaban J connectivity index is 1.93. The summed E-state index contributed by atoms with van der Waals surface area (Å²) in [5.41, 5.74) is 1.22. The van der Waals surface area contributed by atoms with Crippen molar-refractivity contribution in [1.29, 1.82) is 0 Å². The van der Waals surface area contributed by atoms with Crippen LogP contribution in [0, 0.1) is 11.3 Å². The fourth-order valence-corrected chi connectivity index (χ4v) is 4.22. The van der Waals surface area contributed by atoms with Gasteiger partial charge in [-0.05, 0) is 56.3 Å². The van der Waals surface area contributed by atoms with E-state index in [0.717, 1.165) is 19.4 Å². The van der Waals surface area contributed by atoms with E-state index in [1.807, 2.05) is 6.08 Å². The molecular weight excluding hydrogens is 252 g/mol. The van der Waals surface area contributed by atoms with E-state index >= 15 is 0 Å². The maximum atomic E-state index is 12.2. The van der Waals surface area contributed by atoms with Crippen LogP contribution < -0.4 is 0 Å². The van der Waals surface area contributed by atoms with Crippen molar-refractivity contribution in [3.05, 3.63) is 11.6 Å². The minimum atomic E-state index is -1.68. The summed E-state index contributed by atoms with van der Waals surface area (Å²) in [4.78, 5) is 12.2. The minimum Gasteiger partial charge on any atom is -0.417 e. The molecule has 1 fully saturated rings. The van der Waals surface area contributed by atoms with Crippen molar-refractivity contribution in [2.24, 2.45) is 11.3 Å². The van der Waals surface area contributed by atoms with Crippen LogP contribution in [-0.4, -0.2) is 20.7 Å². The molecule has 0 aliphatic heterocycles. The van der Waals surface area contributed by atoms with E-state index in [-0.39, 0.29) is 10.5 Å². The number of carbonyl (C=O) groups excluding carboxylic acids is 1. The quantitative estimate of drug-likeness (QED) is 0.717. The van der Waals surface area contributed by atoms with Crippen LogP contribution in [0.15, 0.2) is 11.6 Å². The molecule has 0 amide bonds. The molecule has 19 heavy (non-hydrogen) atoms. The Morgan fingerprint density at radius 1 is 1.42 bits per heavy atom. The highest BCUT2D eigenvalue weighted by molar-refractivity contribution is 6.74. The van der Waals surface area contributed by atoms with E-state index in [1.54, 1.807) is 0 Å². The molecule has 0 aromatic heterocycles. The molecule has 1 unspecified atom stereocenters. The maximum Gasteiger partial charge on any atom is 0.191 e. The Hall–Kier alpha value is -0.413. The van der Waals surface area contributed by atoms with Crippen LogP contribution in [0.3, 0.4) is 0 Å². The van der Waals surface area contributed by atoms with Gasteiger partial charge < -0.3 is 4.43 Å². The molecular formula is C16H28O2Si. The summed E-state index contributed by atoms with van der Waals surface area (Å²) >= 11 is 0. The molecule has 0 aromatic rings. The van der Waals surface area contributed by atoms with Gasteiger partial charge in [0.2, 0.25) is 0 Å². The van der Waals surface area contributed by atoms with Crippen molar-refractivity contribution < 1.29 is 9.22 Å². The second-order valence-corrected chi connectivity index (χ2v) is 12.7. The van der Waals surface area contributed by atoms with Gasteiger partial charge in [-0.25, -0.2) is 0 Å². The highest BCUT2D eigenvalue weighted by atomic mass is 28.4. The molecule has 2 aliphatic rings. The molecule has 0 bridgehead atoms. The van der Waals surface area contributed by atoms with Crippen molar-refractivity contribution in [2.75, 3.05) is 6.61 Å². The molecule has 0 N–H and O–H groups in total. The van der Waals surface area contributed by atoms with Gasteiger partial charge in [0.15, 0.2) is 14.1 Å². The SMILES string of the molecule is CC1=CC(=O)[C@]2(CCO[Si](C)(C)C(C)(C)C)CCC12. The van der Waals surface area contributed by atoms with Crippen molar-refractivity contribution in [2.45, 2.75) is 65.1 Å². The second kappa shape index (κ2) is 4.56. The summed E-state index contributed by atoms with van der Waals surface area (Å²) in [6.45, 7) is 14.2. The van der Waals surface area contributed by atoms with E-state index in [9.17, 15) is 4.79 Å². The topological polar surface area (TPSA) is 26.3 Å². The van der Waals surface area contributed by atoms with Crippen molar-refractivity contribution in [1.82, 2.24) is 0 Å². The summed E-state index contributed by atoms with van der Waals surface area (Å²) < 4.78 is 6.25. The maximum absolute atomic E-state index is 12.2. The van der Waals surface area contributed by atoms with Crippen LogP contribution in [0.5, 0.6) is 0 Å². The monoisotopic (exact) mass is 280 g/mol. The van der Waals surface area contributed by atoms with Crippen LogP contribution in [-0.2, 0) is 9.22 Å². The van der Waals surface area contributed by atoms with Crippen LogP contribution >= 0.6 is 0 Å². The van der Waals surface area contributed by atoms with Crippen LogP contribution in [0.2, 0.25) is 18.1 Å². The Morgan fingerprint density at radius 3 is 2.47 bits per heavy atom. The summed E-state index contributed by atoms with van der Waals surface area (Å²) in [5, 5.41) is 0.248. The van der Waals surface area contributed by atoms with Gasteiger partial charge in [0, 0.05) is 12.0 Å². The van der Waals surface area contributed by atoms with E-state index in [0.29, 0.717) is 11.7 Å². The van der Waals surface area contributed by atoms with Crippen LogP contribution in [0.1, 0.15) is 47.0 Å². The minimum absolute atomic E-state index is 0.0769. The molecule has 0 spiro atoms. The Labute approximate surface area is 118 Å². The first-order chi connectivity index (χ1) is 8.60. The lowest BCUT2D eigenvalue weighted by molar-refractivity contribution is -0.131. The predicted octanol–water partition coefficient (Wildman–Crippen LogP) is 4.32. The lowest BCUT2D eigenvalue weighted by atomic mass is 9.58. The smallest absolute Gasteiger partial charge is 0.191 e. The number of fused-ring (bicyclic) bond motifs is 1. The predicted molar refractivity (Wildman–Crippen MR) is 81.7 cm³/mol. The molecule has 2 atom stereocenters. The van der Waals surface area contributed by atoms with Crippen molar-refractivity contribution in [3.63, 3.8) is 0 Å². The van der Waals surface area contributed by atoms with Gasteiger partial charge in [-0.1, -0.05) is 26.3 Å². The Kier molecular flexibility index (Phi) is 3.59. The zero-order valence-electron chi connectivity index (χ0n) is 13.3. The highest BCUT2D eigenvalue weighted by Gasteiger charge is 2.55. The van der Waals surface area contributed by atoms with Crippen molar-refractivity contribution in [3.8, 4) is 0 Å². The van der Waals surface area contributed by atoms with Gasteiger partial charge >= 0.3 is 0 Å². The van der Waals surface area contributed by atoms with Crippen molar-refractivity contribution >= 4 is 14.1 Å². The number of hydrogen-bond acceptors (Lipinski definition) is 2. The zero-order valence-corrected chi connectivity index (χ0v) is 14.3. The second-order valence-electron chi connectivity index (χ2n) is 7.86. The fraction of sp³-hybridized carbons (Fsp3) is 0.812. The summed E-state index contributed by atoms with van der Waals surface area (Å²) in [6, 6.07) is 0. The Morgan fingerprint density at radius 2 is 2.05 bits per heavy atom. The number of allylic oxidation sites excluding steroid dienone is 2. The van der Waals surface area contributed by atoms with Gasteiger partial charge in [0.05, 0.1) is 0 Å². The van der Waals surface area contributed by atoms with Gasteiger partial charge in [0.25, 0.3) is 0 Å². The number of rotatable bonds is 4. The highest BCUT2D eigenvalue weighted by Crippen LogP contribution is 2.57. The molecule has 1 saturated carbocycles. The first-order valence-corrected chi connectivity index (χ1v) is 10.4.